The number of methoxy groups -OCH3 is 1. The van der Waals surface area contributed by atoms with Crippen molar-refractivity contribution in [2.75, 3.05) is 7.11 Å². The topological polar surface area (TPSA) is 107 Å². The van der Waals surface area contributed by atoms with Gasteiger partial charge in [0.1, 0.15) is 33.4 Å². The highest BCUT2D eigenvalue weighted by Crippen LogP contribution is 2.42. The number of nitrogens with two attached hydrogens (primary N) is 1. The Morgan fingerprint density at radius 2 is 2.00 bits per heavy atom. The summed E-state index contributed by atoms with van der Waals surface area (Å²) in [6, 6.07) is 9.63. The lowest BCUT2D eigenvalue weighted by Crippen LogP contribution is -2.15. The van der Waals surface area contributed by atoms with Crippen LogP contribution in [0, 0.1) is 5.82 Å². The summed E-state index contributed by atoms with van der Waals surface area (Å²) in [5, 5.41) is 3.92. The van der Waals surface area contributed by atoms with Crippen LogP contribution in [0.5, 0.6) is 5.75 Å². The number of fused-ring (bicyclic) bond motifs is 1. The molecule has 0 spiro atoms. The number of benzene rings is 2. The van der Waals surface area contributed by atoms with Crippen molar-refractivity contribution in [3.8, 4) is 28.4 Å². The summed E-state index contributed by atoms with van der Waals surface area (Å²) in [4.78, 5) is 20.8. The van der Waals surface area contributed by atoms with E-state index < -0.39 is 28.8 Å². The van der Waals surface area contributed by atoms with Gasteiger partial charge in [0, 0.05) is 11.8 Å². The van der Waals surface area contributed by atoms with Crippen molar-refractivity contribution in [1.82, 2.24) is 20.0 Å². The van der Waals surface area contributed by atoms with Crippen molar-refractivity contribution >= 4 is 22.7 Å². The Labute approximate surface area is 211 Å². The lowest BCUT2D eigenvalue weighted by Gasteiger charge is -2.18. The van der Waals surface area contributed by atoms with Gasteiger partial charge in [-0.25, -0.2) is 14.4 Å². The lowest BCUT2D eigenvalue weighted by molar-refractivity contribution is -0.138. The first-order valence-electron chi connectivity index (χ1n) is 10.8. The summed E-state index contributed by atoms with van der Waals surface area (Å²) < 4.78 is 61.9. The number of aromatic nitrogens is 3. The van der Waals surface area contributed by atoms with Crippen molar-refractivity contribution in [2.24, 2.45) is 10.8 Å². The van der Waals surface area contributed by atoms with Gasteiger partial charge in [0.05, 0.1) is 36.8 Å². The molecule has 3 aliphatic heterocycles. The highest BCUT2D eigenvalue weighted by atomic mass is 32.2. The van der Waals surface area contributed by atoms with Crippen LogP contribution in [0.25, 0.3) is 22.6 Å². The highest BCUT2D eigenvalue weighted by Gasteiger charge is 2.37. The Hall–Kier alpha value is -4.13. The van der Waals surface area contributed by atoms with Crippen LogP contribution in [0.1, 0.15) is 26.9 Å². The first-order valence-corrected chi connectivity index (χ1v) is 11.7. The second-order valence-electron chi connectivity index (χ2n) is 8.04. The molecule has 13 heteroatoms. The predicted octanol–water partition coefficient (Wildman–Crippen LogP) is 4.66. The fourth-order valence-electron chi connectivity index (χ4n) is 4.00. The summed E-state index contributed by atoms with van der Waals surface area (Å²) in [7, 11) is 1.30. The molecule has 8 nitrogen and oxygen atoms in total. The minimum absolute atomic E-state index is 0.000693. The molecule has 0 saturated heterocycles. The van der Waals surface area contributed by atoms with Gasteiger partial charge >= 0.3 is 6.18 Å². The van der Waals surface area contributed by atoms with Crippen molar-refractivity contribution in [3.63, 3.8) is 0 Å². The predicted molar refractivity (Wildman–Crippen MR) is 129 cm³/mol. The van der Waals surface area contributed by atoms with E-state index in [2.05, 4.69) is 20.5 Å². The molecule has 0 aromatic heterocycles. The van der Waals surface area contributed by atoms with Crippen LogP contribution in [-0.4, -0.2) is 32.6 Å². The van der Waals surface area contributed by atoms with Gasteiger partial charge < -0.3 is 15.0 Å². The van der Waals surface area contributed by atoms with Crippen LogP contribution in [-0.2, 0) is 12.7 Å². The number of rotatable bonds is 6. The Balaban J connectivity index is 1.41. The molecule has 0 aliphatic carbocycles. The van der Waals surface area contributed by atoms with E-state index in [9.17, 15) is 22.4 Å². The average molecular weight is 531 g/mol. The third-order valence-electron chi connectivity index (χ3n) is 5.67. The van der Waals surface area contributed by atoms with Crippen LogP contribution in [0.4, 0.5) is 17.6 Å². The number of carbonyl (C=O) groups is 1. The van der Waals surface area contributed by atoms with Crippen LogP contribution in [0.3, 0.4) is 0 Å². The van der Waals surface area contributed by atoms with Crippen molar-refractivity contribution in [3.05, 3.63) is 77.5 Å². The average Bonchev–Trinajstić information content (AvgIpc) is 3.48. The molecular formula is C24H18F4N6O2S. The number of ether oxygens (including phenoxy) is 1. The number of thioether (sulfide) groups is 1. The van der Waals surface area contributed by atoms with Gasteiger partial charge in [0.25, 0.3) is 5.91 Å². The van der Waals surface area contributed by atoms with Gasteiger partial charge in [-0.1, -0.05) is 30.0 Å². The number of primary amides is 1. The Kier molecular flexibility index (Phi) is 6.23. The fraction of sp³-hybridized carbons (Fsp3) is 0.167. The second kappa shape index (κ2) is 9.39. The molecule has 37 heavy (non-hydrogen) atoms. The molecule has 0 radical (unpaired) electrons. The van der Waals surface area contributed by atoms with E-state index in [0.29, 0.717) is 10.7 Å². The highest BCUT2D eigenvalue weighted by molar-refractivity contribution is 8.14. The minimum Gasteiger partial charge on any atom is -0.497 e. The molecule has 1 atom stereocenters. The van der Waals surface area contributed by atoms with E-state index in [1.807, 2.05) is 0 Å². The Bertz CT molecular complexity index is 1500. The number of carbonyl (C=O) groups excluding carboxylic acids is 1. The zero-order chi connectivity index (χ0) is 26.3. The number of halogens is 4. The summed E-state index contributed by atoms with van der Waals surface area (Å²) in [6.07, 6.45) is -1.56. The zero-order valence-electron chi connectivity index (χ0n) is 19.1. The van der Waals surface area contributed by atoms with E-state index in [0.717, 1.165) is 17.8 Å². The third kappa shape index (κ3) is 4.69. The molecule has 3 N–H and O–H groups in total. The third-order valence-corrected chi connectivity index (χ3v) is 6.76. The first kappa shape index (κ1) is 24.6. The lowest BCUT2D eigenvalue weighted by atomic mass is 10.1. The minimum atomic E-state index is -4.57. The van der Waals surface area contributed by atoms with Gasteiger partial charge in [-0.05, 0) is 29.8 Å². The number of nitrogens with zero attached hydrogens (tertiary/aromatic N) is 4. The molecule has 2 aromatic carbocycles. The second-order valence-corrected chi connectivity index (χ2v) is 9.22. The van der Waals surface area contributed by atoms with E-state index >= 15 is 0 Å². The van der Waals surface area contributed by atoms with Gasteiger partial charge in [-0.3, -0.25) is 10.2 Å². The maximum atomic E-state index is 14.4. The van der Waals surface area contributed by atoms with Crippen LogP contribution in [0.2, 0.25) is 0 Å². The number of nitrogens with one attached hydrogen (secondary N) is 1. The normalized spacial score (nSPS) is 15.5. The quantitative estimate of drug-likeness (QED) is 0.351. The van der Waals surface area contributed by atoms with Crippen LogP contribution < -0.4 is 15.9 Å². The SMILES string of the molecule is COc1ccc(C2NN=C(Cn3cnc4c(C(N)=O)c(-c5ccccc5F)nc-4c3)S2)c(C(F)(F)F)c1. The van der Waals surface area contributed by atoms with Gasteiger partial charge in [-0.2, -0.15) is 18.3 Å². The van der Waals surface area contributed by atoms with E-state index in [1.54, 1.807) is 16.8 Å². The maximum Gasteiger partial charge on any atom is 0.416 e. The molecule has 5 rings (SSSR count). The summed E-state index contributed by atoms with van der Waals surface area (Å²) in [6.45, 7) is 0.169. The van der Waals surface area contributed by atoms with Gasteiger partial charge in [-0.15, -0.1) is 0 Å². The monoisotopic (exact) mass is 530 g/mol. The fourth-order valence-corrected chi connectivity index (χ4v) is 5.04. The summed E-state index contributed by atoms with van der Waals surface area (Å²) in [5.41, 5.74) is 8.21. The van der Waals surface area contributed by atoms with Crippen LogP contribution in [0.15, 0.2) is 60.1 Å². The number of hydrogen-bond donors (Lipinski definition) is 2. The number of hydrazone groups is 1. The molecule has 3 heterocycles. The van der Waals surface area contributed by atoms with Gasteiger partial charge in [0.15, 0.2) is 0 Å². The molecule has 0 bridgehead atoms. The molecule has 0 saturated carbocycles. The first-order chi connectivity index (χ1) is 17.7. The molecule has 3 aliphatic rings. The van der Waals surface area contributed by atoms with Crippen molar-refractivity contribution in [1.29, 1.82) is 0 Å². The number of amides is 1. The number of alkyl halides is 3. The molecule has 190 valence electrons. The number of hydrogen-bond acceptors (Lipinski definition) is 7. The molecular weight excluding hydrogens is 512 g/mol. The maximum absolute atomic E-state index is 14.4. The Morgan fingerprint density at radius 3 is 2.70 bits per heavy atom. The molecule has 0 fully saturated rings. The zero-order valence-corrected chi connectivity index (χ0v) is 19.9. The molecule has 1 unspecified atom stereocenters. The molecule has 1 amide bonds. The standard InChI is InChI=1S/C24H18F4N6O2S/c1-36-12-6-7-13(15(8-12)24(26,27)28)23-33-32-18(37-23)10-34-9-17-21(30-11-34)19(22(29)35)20(31-17)14-4-2-3-5-16(14)25/h2-9,11,23,33H,10H2,1H3,(H2,29,35). The molecule has 2 aromatic rings. The van der Waals surface area contributed by atoms with Crippen molar-refractivity contribution in [2.45, 2.75) is 18.1 Å². The van der Waals surface area contributed by atoms with Gasteiger partial charge in [0.2, 0.25) is 0 Å². The smallest absolute Gasteiger partial charge is 0.416 e. The van der Waals surface area contributed by atoms with Crippen LogP contribution >= 0.6 is 11.8 Å². The largest absolute Gasteiger partial charge is 0.497 e. The van der Waals surface area contributed by atoms with E-state index in [-0.39, 0.29) is 40.4 Å². The van der Waals surface area contributed by atoms with E-state index in [1.165, 1.54) is 43.8 Å². The summed E-state index contributed by atoms with van der Waals surface area (Å²) >= 11 is 1.13. The summed E-state index contributed by atoms with van der Waals surface area (Å²) in [5.74, 6) is -1.26. The van der Waals surface area contributed by atoms with Crippen molar-refractivity contribution < 1.29 is 27.1 Å². The van der Waals surface area contributed by atoms with E-state index in [4.69, 9.17) is 10.5 Å². The Morgan fingerprint density at radius 1 is 1.22 bits per heavy atom.